The smallest absolute Gasteiger partial charge is 0.118 e. The summed E-state index contributed by atoms with van der Waals surface area (Å²) >= 11 is 0. The number of ether oxygens (including phenoxy) is 1. The first-order chi connectivity index (χ1) is 16.7. The van der Waals surface area contributed by atoms with Crippen LogP contribution in [0.5, 0.6) is 0 Å². The second-order valence-electron chi connectivity index (χ2n) is 14.1. The minimum atomic E-state index is -0.155. The third-order valence-electron chi connectivity index (χ3n) is 11.6. The van der Waals surface area contributed by atoms with Gasteiger partial charge in [0.25, 0.3) is 0 Å². The molecule has 1 saturated heterocycles. The average molecular weight is 478 g/mol. The average Bonchev–Trinajstić information content (AvgIpc) is 3.07. The predicted octanol–water partition coefficient (Wildman–Crippen LogP) is 7.31. The van der Waals surface area contributed by atoms with Gasteiger partial charge in [-0.3, -0.25) is 0 Å². The summed E-state index contributed by atoms with van der Waals surface area (Å²) in [4.78, 5) is 2.65. The summed E-state index contributed by atoms with van der Waals surface area (Å²) in [5, 5.41) is 3.13. The Morgan fingerprint density at radius 3 is 1.71 bits per heavy atom. The Balaban J connectivity index is 1.28. The highest BCUT2D eigenvalue weighted by molar-refractivity contribution is 7.69. The molecular formula is C31H44NOP. The summed E-state index contributed by atoms with van der Waals surface area (Å²) in [5.74, 6) is 6.33. The molecule has 8 saturated carbocycles. The Hall–Kier alpha value is -0.590. The van der Waals surface area contributed by atoms with Gasteiger partial charge >= 0.3 is 0 Å². The molecule has 0 spiro atoms. The fourth-order valence-corrected chi connectivity index (χ4v) is 16.9. The highest BCUT2D eigenvalue weighted by Gasteiger charge is 2.63. The number of benzene rings is 1. The van der Waals surface area contributed by atoms with Crippen molar-refractivity contribution < 1.29 is 4.74 Å². The molecule has 8 aliphatic carbocycles. The van der Waals surface area contributed by atoms with E-state index in [0.717, 1.165) is 48.8 Å². The van der Waals surface area contributed by atoms with Crippen LogP contribution in [-0.2, 0) is 4.74 Å². The van der Waals surface area contributed by atoms with Crippen LogP contribution in [-0.4, -0.2) is 30.2 Å². The van der Waals surface area contributed by atoms with Crippen LogP contribution in [0.3, 0.4) is 0 Å². The zero-order valence-electron chi connectivity index (χ0n) is 21.1. The summed E-state index contributed by atoms with van der Waals surface area (Å²) in [6, 6.07) is 9.88. The maximum Gasteiger partial charge on any atom is 0.118 e. The zero-order valence-corrected chi connectivity index (χ0v) is 22.0. The van der Waals surface area contributed by atoms with Gasteiger partial charge < -0.3 is 9.64 Å². The molecule has 0 aromatic heterocycles. The molecule has 34 heavy (non-hydrogen) atoms. The molecule has 3 heteroatoms. The minimum Gasteiger partial charge on any atom is -0.361 e. The van der Waals surface area contributed by atoms with E-state index < -0.39 is 0 Å². The molecule has 0 unspecified atom stereocenters. The first-order valence-electron chi connectivity index (χ1n) is 14.9. The molecule has 2 nitrogen and oxygen atoms in total. The summed E-state index contributed by atoms with van der Waals surface area (Å²) in [7, 11) is -0.155. The van der Waals surface area contributed by atoms with Crippen LogP contribution in [0, 0.1) is 35.5 Å². The maximum atomic E-state index is 6.13. The van der Waals surface area contributed by atoms with Crippen molar-refractivity contribution in [2.75, 3.05) is 24.8 Å². The molecule has 1 aromatic carbocycles. The van der Waals surface area contributed by atoms with Crippen molar-refractivity contribution in [3.8, 4) is 0 Å². The van der Waals surface area contributed by atoms with E-state index in [0.29, 0.717) is 10.3 Å². The van der Waals surface area contributed by atoms with Crippen molar-refractivity contribution in [3.05, 3.63) is 24.3 Å². The van der Waals surface area contributed by atoms with E-state index in [1.807, 2.05) is 5.30 Å². The van der Waals surface area contributed by atoms with Gasteiger partial charge in [0.05, 0.1) is 0 Å². The molecular weight excluding hydrogens is 433 g/mol. The maximum absolute atomic E-state index is 6.13. The van der Waals surface area contributed by atoms with Gasteiger partial charge in [-0.1, -0.05) is 26.1 Å². The Labute approximate surface area is 208 Å². The van der Waals surface area contributed by atoms with E-state index >= 15 is 0 Å². The van der Waals surface area contributed by atoms with Crippen LogP contribution in [0.2, 0.25) is 0 Å². The van der Waals surface area contributed by atoms with Gasteiger partial charge in [-0.2, -0.15) is 0 Å². The third-order valence-corrected chi connectivity index (χ3v) is 15.5. The minimum absolute atomic E-state index is 0.155. The lowest BCUT2D eigenvalue weighted by Crippen LogP contribution is -2.58. The lowest BCUT2D eigenvalue weighted by Gasteiger charge is -2.67. The lowest BCUT2D eigenvalue weighted by molar-refractivity contribution is 0.0195. The summed E-state index contributed by atoms with van der Waals surface area (Å²) < 4.78 is 6.13. The topological polar surface area (TPSA) is 12.5 Å². The highest BCUT2D eigenvalue weighted by Crippen LogP contribution is 2.78. The first-order valence-corrected chi connectivity index (χ1v) is 16.2. The van der Waals surface area contributed by atoms with Gasteiger partial charge in [-0.25, -0.2) is 0 Å². The van der Waals surface area contributed by atoms with Crippen molar-refractivity contribution in [2.45, 2.75) is 100 Å². The van der Waals surface area contributed by atoms with E-state index in [-0.39, 0.29) is 7.92 Å². The van der Waals surface area contributed by atoms with Crippen LogP contribution in [0.4, 0.5) is 5.69 Å². The summed E-state index contributed by atoms with van der Waals surface area (Å²) in [6.07, 6.45) is 21.4. The van der Waals surface area contributed by atoms with Crippen molar-refractivity contribution in [1.29, 1.82) is 0 Å². The predicted molar refractivity (Wildman–Crippen MR) is 142 cm³/mol. The number of para-hydroxylation sites is 1. The van der Waals surface area contributed by atoms with E-state index in [4.69, 9.17) is 4.74 Å². The fourth-order valence-electron chi connectivity index (χ4n) is 11.5. The van der Waals surface area contributed by atoms with Crippen LogP contribution < -0.4 is 10.2 Å². The molecule has 1 aliphatic heterocycles. The number of nitrogens with zero attached hydrogens (tertiary/aromatic N) is 1. The van der Waals surface area contributed by atoms with Crippen LogP contribution >= 0.6 is 7.92 Å². The van der Waals surface area contributed by atoms with Crippen molar-refractivity contribution in [3.63, 3.8) is 0 Å². The molecule has 1 aromatic rings. The van der Waals surface area contributed by atoms with E-state index in [1.54, 1.807) is 82.7 Å². The van der Waals surface area contributed by atoms with E-state index in [9.17, 15) is 0 Å². The molecule has 0 atom stereocenters. The molecule has 184 valence electrons. The molecule has 0 radical (unpaired) electrons. The second-order valence-corrected chi connectivity index (χ2v) is 17.2. The molecule has 9 fully saturated rings. The Morgan fingerprint density at radius 2 is 1.18 bits per heavy atom. The van der Waals surface area contributed by atoms with E-state index in [1.165, 1.54) is 19.4 Å². The molecule has 0 N–H and O–H groups in total. The van der Waals surface area contributed by atoms with Gasteiger partial charge in [-0.15, -0.1) is 0 Å². The molecule has 1 heterocycles. The Morgan fingerprint density at radius 1 is 0.676 bits per heavy atom. The molecule has 0 amide bonds. The zero-order chi connectivity index (χ0) is 22.3. The van der Waals surface area contributed by atoms with Crippen LogP contribution in [0.25, 0.3) is 0 Å². The standard InChI is InChI=1S/C31H44NOP/c1-2-6-29(28(5-1)32-7-3-4-8-33-21-32)34(30-15-22-9-23(16-30)11-24(10-22)17-30)31-18-25-12-26(19-31)14-27(13-25)20-31/h1-2,5-6,22-27H,3-4,7-21H2. The monoisotopic (exact) mass is 477 g/mol. The molecule has 10 rings (SSSR count). The Kier molecular flexibility index (Phi) is 5.03. The van der Waals surface area contributed by atoms with Crippen molar-refractivity contribution >= 4 is 18.9 Å². The van der Waals surface area contributed by atoms with Gasteiger partial charge in [0.1, 0.15) is 6.73 Å². The van der Waals surface area contributed by atoms with Crippen LogP contribution in [0.1, 0.15) is 89.9 Å². The van der Waals surface area contributed by atoms with Gasteiger partial charge in [0.15, 0.2) is 0 Å². The van der Waals surface area contributed by atoms with Gasteiger partial charge in [-0.05, 0) is 142 Å². The van der Waals surface area contributed by atoms with Crippen molar-refractivity contribution in [2.24, 2.45) is 35.5 Å². The fraction of sp³-hybridized carbons (Fsp3) is 0.806. The lowest BCUT2D eigenvalue weighted by atomic mass is 9.55. The Bertz CT molecular complexity index is 819. The third kappa shape index (κ3) is 3.33. The summed E-state index contributed by atoms with van der Waals surface area (Å²) in [5.41, 5.74) is 1.59. The first kappa shape index (κ1) is 21.5. The second kappa shape index (κ2) is 7.95. The number of hydrogen-bond acceptors (Lipinski definition) is 2. The molecule has 8 bridgehead atoms. The van der Waals surface area contributed by atoms with E-state index in [2.05, 4.69) is 29.2 Å². The largest absolute Gasteiger partial charge is 0.361 e. The van der Waals surface area contributed by atoms with Crippen LogP contribution in [0.15, 0.2) is 24.3 Å². The summed E-state index contributed by atoms with van der Waals surface area (Å²) in [6.45, 7) is 2.93. The highest BCUT2D eigenvalue weighted by atomic mass is 31.1. The SMILES string of the molecule is c1ccc(P(C23CC4CC(CC(C4)C2)C3)C23CC4CC(CC(C4)C2)C3)c(N2CCCCOC2)c1. The number of hydrogen-bond donors (Lipinski definition) is 0. The quantitative estimate of drug-likeness (QED) is 0.422. The van der Waals surface area contributed by atoms with Crippen molar-refractivity contribution in [1.82, 2.24) is 0 Å². The van der Waals surface area contributed by atoms with Gasteiger partial charge in [0.2, 0.25) is 0 Å². The van der Waals surface area contributed by atoms with Gasteiger partial charge in [0, 0.05) is 24.1 Å². The number of rotatable bonds is 4. The normalized spacial score (nSPS) is 47.7. The molecule has 9 aliphatic rings. The number of anilines is 1.